The molecule has 1 aliphatic heterocycles. The Morgan fingerprint density at radius 3 is 2.57 bits per heavy atom. The lowest BCUT2D eigenvalue weighted by molar-refractivity contribution is -0.114. The van der Waals surface area contributed by atoms with Crippen molar-refractivity contribution >= 4 is 46.2 Å². The molecular formula is C29H27ClN4O3. The highest BCUT2D eigenvalue weighted by Crippen LogP contribution is 2.33. The number of amides is 1. The van der Waals surface area contributed by atoms with Crippen LogP contribution in [0.1, 0.15) is 28.1 Å². The van der Waals surface area contributed by atoms with Crippen molar-refractivity contribution in [3.63, 3.8) is 0 Å². The maximum Gasteiger partial charge on any atom is 0.253 e. The predicted octanol–water partition coefficient (Wildman–Crippen LogP) is 4.99. The first-order chi connectivity index (χ1) is 18.0. The van der Waals surface area contributed by atoms with Gasteiger partial charge in [-0.25, -0.2) is 4.98 Å². The fraction of sp³-hybridized carbons (Fsp3) is 0.207. The van der Waals surface area contributed by atoms with Gasteiger partial charge in [0.05, 0.1) is 5.02 Å². The summed E-state index contributed by atoms with van der Waals surface area (Å²) < 4.78 is 5.95. The first-order valence-corrected chi connectivity index (χ1v) is 12.6. The Kier molecular flexibility index (Phi) is 7.35. The van der Waals surface area contributed by atoms with Crippen molar-refractivity contribution in [2.75, 3.05) is 31.9 Å². The van der Waals surface area contributed by atoms with E-state index in [4.69, 9.17) is 21.8 Å². The van der Waals surface area contributed by atoms with Crippen molar-refractivity contribution in [3.8, 4) is 11.1 Å². The van der Waals surface area contributed by atoms with E-state index in [-0.39, 0.29) is 11.7 Å². The van der Waals surface area contributed by atoms with Gasteiger partial charge in [-0.1, -0.05) is 23.7 Å². The fourth-order valence-electron chi connectivity index (χ4n) is 4.34. The molecule has 8 heteroatoms. The third-order valence-electron chi connectivity index (χ3n) is 6.38. The minimum Gasteiger partial charge on any atom is -0.459 e. The number of aromatic nitrogens is 1. The van der Waals surface area contributed by atoms with Gasteiger partial charge < -0.3 is 20.4 Å². The van der Waals surface area contributed by atoms with E-state index in [1.807, 2.05) is 53.4 Å². The summed E-state index contributed by atoms with van der Waals surface area (Å²) in [6, 6.07) is 16.9. The molecule has 0 atom stereocenters. The molecular weight excluding hydrogens is 488 g/mol. The van der Waals surface area contributed by atoms with E-state index in [2.05, 4.69) is 10.3 Å². The molecule has 0 saturated carbocycles. The highest BCUT2D eigenvalue weighted by molar-refractivity contribution is 6.35. The molecule has 3 N–H and O–H groups in total. The van der Waals surface area contributed by atoms with Crippen LogP contribution in [0, 0.1) is 0 Å². The molecule has 0 unspecified atom stereocenters. The number of carbonyl (C=O) groups excluding carboxylic acids is 2. The molecule has 3 heterocycles. The topological polar surface area (TPSA) is 101 Å². The van der Waals surface area contributed by atoms with Crippen LogP contribution in [0.15, 0.2) is 71.3 Å². The Labute approximate surface area is 219 Å². The number of ketones is 1. The minimum atomic E-state index is -0.0143. The van der Waals surface area contributed by atoms with Gasteiger partial charge in [0.1, 0.15) is 11.6 Å². The van der Waals surface area contributed by atoms with Gasteiger partial charge in [0, 0.05) is 56.2 Å². The standard InChI is InChI=1S/C29H27ClN4O3/c30-26-17-22(20-3-5-21(6-4-20)29(36)34-13-11-32-12-14-34)15-23-16-25(37-28(23)26)9-8-24(35)7-1-19-2-10-27(31)33-18-19/h1-7,10,15-18,32H,8-9,11-14H2,(H2,31,33)/b7-1+. The number of halogens is 1. The fourth-order valence-corrected chi connectivity index (χ4v) is 4.61. The molecule has 0 spiro atoms. The molecule has 1 fully saturated rings. The van der Waals surface area contributed by atoms with Gasteiger partial charge in [-0.05, 0) is 71.3 Å². The van der Waals surface area contributed by atoms with Crippen LogP contribution in [0.5, 0.6) is 0 Å². The van der Waals surface area contributed by atoms with E-state index in [1.54, 1.807) is 18.3 Å². The zero-order valence-corrected chi connectivity index (χ0v) is 21.0. The lowest BCUT2D eigenvalue weighted by Gasteiger charge is -2.27. The average molecular weight is 515 g/mol. The summed E-state index contributed by atoms with van der Waals surface area (Å²) in [4.78, 5) is 31.0. The molecule has 1 aliphatic rings. The van der Waals surface area contributed by atoms with Crippen LogP contribution in [0.4, 0.5) is 5.82 Å². The van der Waals surface area contributed by atoms with Gasteiger partial charge in [-0.2, -0.15) is 0 Å². The molecule has 0 aliphatic carbocycles. The number of nitrogens with zero attached hydrogens (tertiary/aromatic N) is 2. The number of nitrogens with two attached hydrogens (primary N) is 1. The number of anilines is 1. The van der Waals surface area contributed by atoms with Crippen LogP contribution >= 0.6 is 11.6 Å². The monoisotopic (exact) mass is 514 g/mol. The van der Waals surface area contributed by atoms with Crippen molar-refractivity contribution in [1.29, 1.82) is 0 Å². The van der Waals surface area contributed by atoms with Crippen LogP contribution in [0.25, 0.3) is 28.2 Å². The normalized spacial score (nSPS) is 13.9. The number of carbonyl (C=O) groups is 2. The molecule has 2 aromatic carbocycles. The quantitative estimate of drug-likeness (QED) is 0.337. The Hall–Kier alpha value is -3.94. The molecule has 5 rings (SSSR count). The summed E-state index contributed by atoms with van der Waals surface area (Å²) in [6.45, 7) is 3.08. The third kappa shape index (κ3) is 5.90. The molecule has 1 saturated heterocycles. The van der Waals surface area contributed by atoms with E-state index >= 15 is 0 Å². The van der Waals surface area contributed by atoms with E-state index in [9.17, 15) is 9.59 Å². The second kappa shape index (κ2) is 11.0. The van der Waals surface area contributed by atoms with Gasteiger partial charge in [-0.3, -0.25) is 9.59 Å². The van der Waals surface area contributed by atoms with Crippen molar-refractivity contribution in [1.82, 2.24) is 15.2 Å². The van der Waals surface area contributed by atoms with Crippen LogP contribution in [0.2, 0.25) is 5.02 Å². The van der Waals surface area contributed by atoms with Crippen molar-refractivity contribution < 1.29 is 14.0 Å². The number of piperazine rings is 1. The number of pyridine rings is 1. The smallest absolute Gasteiger partial charge is 0.253 e. The number of aryl methyl sites for hydroxylation is 1. The van der Waals surface area contributed by atoms with Crippen molar-refractivity contribution in [2.45, 2.75) is 12.8 Å². The number of allylic oxidation sites excluding steroid dienone is 1. The number of nitrogens with one attached hydrogen (secondary N) is 1. The van der Waals surface area contributed by atoms with E-state index in [1.165, 1.54) is 6.08 Å². The number of hydrogen-bond acceptors (Lipinski definition) is 6. The molecule has 0 radical (unpaired) electrons. The molecule has 188 valence electrons. The summed E-state index contributed by atoms with van der Waals surface area (Å²) in [5.41, 5.74) is 9.56. The minimum absolute atomic E-state index is 0.0143. The van der Waals surface area contributed by atoms with Gasteiger partial charge in [0.25, 0.3) is 5.91 Å². The number of rotatable bonds is 7. The first-order valence-electron chi connectivity index (χ1n) is 12.2. The summed E-state index contributed by atoms with van der Waals surface area (Å²) in [7, 11) is 0. The van der Waals surface area contributed by atoms with Crippen molar-refractivity contribution in [2.24, 2.45) is 0 Å². The highest BCUT2D eigenvalue weighted by atomic mass is 35.5. The Morgan fingerprint density at radius 1 is 1.05 bits per heavy atom. The molecule has 37 heavy (non-hydrogen) atoms. The zero-order chi connectivity index (χ0) is 25.8. The Balaban J connectivity index is 1.26. The van der Waals surface area contributed by atoms with Gasteiger partial charge in [0.2, 0.25) is 0 Å². The number of furan rings is 1. The average Bonchev–Trinajstić information content (AvgIpc) is 3.35. The van der Waals surface area contributed by atoms with E-state index in [0.29, 0.717) is 40.6 Å². The van der Waals surface area contributed by atoms with Crippen LogP contribution in [-0.4, -0.2) is 47.8 Å². The second-order valence-corrected chi connectivity index (χ2v) is 9.43. The SMILES string of the molecule is Nc1ccc(/C=C/C(=O)CCc2cc3cc(-c4ccc(C(=O)N5CCNCC5)cc4)cc(Cl)c3o2)cn1. The number of hydrogen-bond donors (Lipinski definition) is 2. The number of benzene rings is 2. The first kappa shape index (κ1) is 24.7. The van der Waals surface area contributed by atoms with Gasteiger partial charge >= 0.3 is 0 Å². The molecule has 2 aromatic heterocycles. The Bertz CT molecular complexity index is 1450. The predicted molar refractivity (Wildman–Crippen MR) is 146 cm³/mol. The van der Waals surface area contributed by atoms with Crippen LogP contribution in [0.3, 0.4) is 0 Å². The molecule has 4 aromatic rings. The van der Waals surface area contributed by atoms with Crippen molar-refractivity contribution in [3.05, 3.63) is 88.8 Å². The number of fused-ring (bicyclic) bond motifs is 1. The molecule has 7 nitrogen and oxygen atoms in total. The zero-order valence-electron chi connectivity index (χ0n) is 20.2. The third-order valence-corrected chi connectivity index (χ3v) is 6.66. The molecule has 1 amide bonds. The second-order valence-electron chi connectivity index (χ2n) is 9.02. The largest absolute Gasteiger partial charge is 0.459 e. The van der Waals surface area contributed by atoms with Gasteiger partial charge in [-0.15, -0.1) is 0 Å². The summed E-state index contributed by atoms with van der Waals surface area (Å²) in [5, 5.41) is 4.63. The Morgan fingerprint density at radius 2 is 1.84 bits per heavy atom. The summed E-state index contributed by atoms with van der Waals surface area (Å²) in [6.07, 6.45) is 5.66. The molecule has 0 bridgehead atoms. The number of nitrogen functional groups attached to an aromatic ring is 1. The maximum absolute atomic E-state index is 12.7. The highest BCUT2D eigenvalue weighted by Gasteiger charge is 2.18. The van der Waals surface area contributed by atoms with E-state index in [0.717, 1.165) is 48.3 Å². The van der Waals surface area contributed by atoms with Gasteiger partial charge in [0.15, 0.2) is 11.4 Å². The lowest BCUT2D eigenvalue weighted by atomic mass is 10.0. The van der Waals surface area contributed by atoms with Crippen LogP contribution < -0.4 is 11.1 Å². The summed E-state index contributed by atoms with van der Waals surface area (Å²) in [5.74, 6) is 1.17. The lowest BCUT2D eigenvalue weighted by Crippen LogP contribution is -2.46. The maximum atomic E-state index is 12.7. The van der Waals surface area contributed by atoms with Crippen LogP contribution in [-0.2, 0) is 11.2 Å². The van der Waals surface area contributed by atoms with E-state index < -0.39 is 0 Å². The summed E-state index contributed by atoms with van der Waals surface area (Å²) >= 11 is 6.55.